The molecule has 1 N–H and O–H groups in total. The van der Waals surface area contributed by atoms with Gasteiger partial charge in [-0.15, -0.1) is 0 Å². The van der Waals surface area contributed by atoms with Gasteiger partial charge < -0.3 is 24.5 Å². The third-order valence-corrected chi connectivity index (χ3v) is 4.88. The Balaban J connectivity index is 1.69. The molecule has 7 nitrogen and oxygen atoms in total. The van der Waals surface area contributed by atoms with Crippen molar-refractivity contribution in [3.05, 3.63) is 41.1 Å². The average molecular weight is 329 g/mol. The van der Waals surface area contributed by atoms with E-state index in [0.717, 1.165) is 42.9 Å². The summed E-state index contributed by atoms with van der Waals surface area (Å²) in [5, 5.41) is 16.7. The van der Waals surface area contributed by atoms with Gasteiger partial charge in [-0.25, -0.2) is 4.98 Å². The van der Waals surface area contributed by atoms with Gasteiger partial charge >= 0.3 is 0 Å². The first kappa shape index (κ1) is 15.4. The zero-order chi connectivity index (χ0) is 16.6. The zero-order valence-corrected chi connectivity index (χ0v) is 13.9. The minimum absolute atomic E-state index is 0.250. The minimum Gasteiger partial charge on any atom is -0.632 e. The number of hydrogen-bond acceptors (Lipinski definition) is 6. The summed E-state index contributed by atoms with van der Waals surface area (Å²) in [5.41, 5.74) is 1.89. The maximum Gasteiger partial charge on any atom is 0.224 e. The molecule has 0 spiro atoms. The molecule has 7 heteroatoms. The van der Waals surface area contributed by atoms with Gasteiger partial charge in [0, 0.05) is 24.8 Å². The molecule has 0 amide bonds. The normalized spacial score (nSPS) is 25.9. The van der Waals surface area contributed by atoms with Crippen molar-refractivity contribution in [2.75, 3.05) is 29.9 Å². The van der Waals surface area contributed by atoms with Gasteiger partial charge in [0.25, 0.3) is 0 Å². The second kappa shape index (κ2) is 6.07. The second-order valence-electron chi connectivity index (χ2n) is 6.75. The standard InChI is InChI=1S/C17H23N5O2/c1-2-18-17-19-8-14-10-22(23,9-13-5-7-24-12-13)11-15-4-3-6-21(15)16(14)20-17/h5,7-8,12,15H,2-4,6,9-11H2,1H3,(H,18,19,20)/t15-,22?/m0/s1. The minimum atomic E-state index is -0.280. The number of nitrogens with zero attached hydrogens (tertiary/aromatic N) is 4. The van der Waals surface area contributed by atoms with Gasteiger partial charge in [0.15, 0.2) is 0 Å². The molecule has 128 valence electrons. The Hall–Kier alpha value is -2.12. The van der Waals surface area contributed by atoms with Crippen molar-refractivity contribution in [3.8, 4) is 0 Å². The summed E-state index contributed by atoms with van der Waals surface area (Å²) >= 11 is 0. The third-order valence-electron chi connectivity index (χ3n) is 4.88. The second-order valence-corrected chi connectivity index (χ2v) is 6.75. The number of aromatic nitrogens is 2. The molecule has 0 bridgehead atoms. The smallest absolute Gasteiger partial charge is 0.224 e. The van der Waals surface area contributed by atoms with Crippen LogP contribution in [0, 0.1) is 5.21 Å². The summed E-state index contributed by atoms with van der Waals surface area (Å²) in [5.74, 6) is 1.58. The van der Waals surface area contributed by atoms with Gasteiger partial charge in [0.05, 0.1) is 30.7 Å². The molecule has 1 unspecified atom stereocenters. The van der Waals surface area contributed by atoms with E-state index in [1.54, 1.807) is 12.5 Å². The highest BCUT2D eigenvalue weighted by molar-refractivity contribution is 5.51. The van der Waals surface area contributed by atoms with Crippen molar-refractivity contribution in [2.24, 2.45) is 0 Å². The number of anilines is 2. The Morgan fingerprint density at radius 3 is 3.21 bits per heavy atom. The van der Waals surface area contributed by atoms with Gasteiger partial charge in [0.2, 0.25) is 5.95 Å². The van der Waals surface area contributed by atoms with E-state index in [9.17, 15) is 5.21 Å². The fraction of sp³-hybridized carbons (Fsp3) is 0.529. The predicted molar refractivity (Wildman–Crippen MR) is 91.2 cm³/mol. The van der Waals surface area contributed by atoms with Crippen molar-refractivity contribution in [3.63, 3.8) is 0 Å². The van der Waals surface area contributed by atoms with Crippen molar-refractivity contribution in [1.82, 2.24) is 9.97 Å². The van der Waals surface area contributed by atoms with E-state index in [2.05, 4.69) is 15.2 Å². The van der Waals surface area contributed by atoms with Crippen molar-refractivity contribution in [1.29, 1.82) is 0 Å². The molecule has 0 aliphatic carbocycles. The topological polar surface area (TPSA) is 77.2 Å². The van der Waals surface area contributed by atoms with Gasteiger partial charge in [-0.3, -0.25) is 0 Å². The van der Waals surface area contributed by atoms with E-state index >= 15 is 0 Å². The Bertz CT molecular complexity index is 705. The molecule has 0 aromatic carbocycles. The first-order valence-corrected chi connectivity index (χ1v) is 8.61. The fourth-order valence-electron chi connectivity index (χ4n) is 3.90. The monoisotopic (exact) mass is 329 g/mol. The summed E-state index contributed by atoms with van der Waals surface area (Å²) in [6, 6.07) is 2.13. The number of hydroxylamine groups is 3. The lowest BCUT2D eigenvalue weighted by Gasteiger charge is -2.43. The molecule has 1 fully saturated rings. The number of furan rings is 1. The van der Waals surface area contributed by atoms with Crippen LogP contribution in [0.25, 0.3) is 0 Å². The largest absolute Gasteiger partial charge is 0.632 e. The van der Waals surface area contributed by atoms with Crippen LogP contribution in [0.15, 0.2) is 29.2 Å². The molecule has 4 heterocycles. The van der Waals surface area contributed by atoms with Gasteiger partial charge in [0.1, 0.15) is 18.9 Å². The molecule has 2 aliphatic rings. The Labute approximate surface area is 141 Å². The number of hydrogen-bond donors (Lipinski definition) is 1. The maximum atomic E-state index is 13.5. The lowest BCUT2D eigenvalue weighted by atomic mass is 10.2. The first-order valence-electron chi connectivity index (χ1n) is 8.61. The van der Waals surface area contributed by atoms with E-state index in [4.69, 9.17) is 9.40 Å². The Kier molecular flexibility index (Phi) is 3.90. The lowest BCUT2D eigenvalue weighted by molar-refractivity contribution is -0.907. The molecule has 0 radical (unpaired) electrons. The van der Waals surface area contributed by atoms with E-state index in [1.807, 2.05) is 19.2 Å². The van der Waals surface area contributed by atoms with Crippen LogP contribution in [-0.2, 0) is 13.1 Å². The third kappa shape index (κ3) is 2.85. The fourth-order valence-corrected chi connectivity index (χ4v) is 3.90. The SMILES string of the molecule is CCNc1ncc2c(n1)N1CCC[C@H]1C[N+]([O-])(Cc1ccoc1)C2. The lowest BCUT2D eigenvalue weighted by Crippen LogP contribution is -2.47. The molecule has 2 aromatic heterocycles. The summed E-state index contributed by atoms with van der Waals surface area (Å²) in [6.45, 7) is 5.18. The number of nitrogens with one attached hydrogen (secondary N) is 1. The van der Waals surface area contributed by atoms with Crippen LogP contribution in [0.5, 0.6) is 0 Å². The van der Waals surface area contributed by atoms with E-state index in [1.165, 1.54) is 0 Å². The first-order chi connectivity index (χ1) is 11.7. The van der Waals surface area contributed by atoms with E-state index in [-0.39, 0.29) is 10.7 Å². The van der Waals surface area contributed by atoms with Gasteiger partial charge in [-0.05, 0) is 25.8 Å². The van der Waals surface area contributed by atoms with Gasteiger partial charge in [-0.2, -0.15) is 4.98 Å². The molecule has 24 heavy (non-hydrogen) atoms. The zero-order valence-electron chi connectivity index (χ0n) is 13.9. The summed E-state index contributed by atoms with van der Waals surface area (Å²) < 4.78 is 4.86. The molecule has 1 saturated heterocycles. The quantitative estimate of drug-likeness (QED) is 0.686. The highest BCUT2D eigenvalue weighted by Gasteiger charge is 2.38. The van der Waals surface area contributed by atoms with Crippen LogP contribution >= 0.6 is 0 Å². The summed E-state index contributed by atoms with van der Waals surface area (Å²) in [7, 11) is 0. The highest BCUT2D eigenvalue weighted by Crippen LogP contribution is 2.35. The van der Waals surface area contributed by atoms with Gasteiger partial charge in [-0.1, -0.05) is 0 Å². The van der Waals surface area contributed by atoms with Crippen LogP contribution in [0.1, 0.15) is 30.9 Å². The molecule has 2 aliphatic heterocycles. The van der Waals surface area contributed by atoms with Crippen molar-refractivity contribution < 1.29 is 9.06 Å². The predicted octanol–water partition coefficient (Wildman–Crippen LogP) is 2.50. The number of rotatable bonds is 4. The molecule has 4 rings (SSSR count). The maximum absolute atomic E-state index is 13.5. The van der Waals surface area contributed by atoms with Crippen LogP contribution in [0.3, 0.4) is 0 Å². The van der Waals surface area contributed by atoms with E-state index in [0.29, 0.717) is 25.6 Å². The molecular formula is C17H23N5O2. The number of fused-ring (bicyclic) bond motifs is 3. The average Bonchev–Trinajstić information content (AvgIpc) is 3.19. The highest BCUT2D eigenvalue weighted by atomic mass is 16.5. The van der Waals surface area contributed by atoms with Crippen LogP contribution < -0.4 is 10.2 Å². The molecular weight excluding hydrogens is 306 g/mol. The van der Waals surface area contributed by atoms with E-state index < -0.39 is 0 Å². The molecule has 0 saturated carbocycles. The summed E-state index contributed by atoms with van der Waals surface area (Å²) in [4.78, 5) is 11.4. The van der Waals surface area contributed by atoms with Crippen LogP contribution in [0.4, 0.5) is 11.8 Å². The van der Waals surface area contributed by atoms with Crippen LogP contribution in [0.2, 0.25) is 0 Å². The Morgan fingerprint density at radius 1 is 1.50 bits per heavy atom. The molecule has 2 atom stereocenters. The Morgan fingerprint density at radius 2 is 2.42 bits per heavy atom. The van der Waals surface area contributed by atoms with Crippen molar-refractivity contribution in [2.45, 2.75) is 38.9 Å². The van der Waals surface area contributed by atoms with Crippen LogP contribution in [-0.4, -0.2) is 40.3 Å². The molecule has 2 aromatic rings. The number of quaternary nitrogens is 1. The summed E-state index contributed by atoms with van der Waals surface area (Å²) in [6.07, 6.45) is 7.27. The van der Waals surface area contributed by atoms with Crippen molar-refractivity contribution >= 4 is 11.8 Å².